The molecule has 17 heavy (non-hydrogen) atoms. The second-order valence-electron chi connectivity index (χ2n) is 4.41. The molecule has 0 saturated heterocycles. The molecule has 2 heteroatoms. The molecule has 0 spiro atoms. The van der Waals surface area contributed by atoms with Crippen LogP contribution in [0.5, 0.6) is 0 Å². The van der Waals surface area contributed by atoms with Gasteiger partial charge in [0.2, 0.25) is 5.91 Å². The molecule has 2 nitrogen and oxygen atoms in total. The summed E-state index contributed by atoms with van der Waals surface area (Å²) in [5, 5.41) is 2.98. The molecule has 0 fully saturated rings. The first kappa shape index (κ1) is 11.7. The van der Waals surface area contributed by atoms with Gasteiger partial charge in [-0.25, -0.2) is 0 Å². The molecule has 0 saturated carbocycles. The fraction of sp³-hybridized carbons (Fsp3) is 0.400. The Hall–Kier alpha value is -1.75. The molecule has 1 aliphatic rings. The van der Waals surface area contributed by atoms with Crippen LogP contribution in [0.1, 0.15) is 36.3 Å². The lowest BCUT2D eigenvalue weighted by atomic mass is 9.77. The first-order valence-corrected chi connectivity index (χ1v) is 6.12. The van der Waals surface area contributed by atoms with Gasteiger partial charge in [0.25, 0.3) is 0 Å². The van der Waals surface area contributed by atoms with Crippen molar-refractivity contribution >= 4 is 5.91 Å². The van der Waals surface area contributed by atoms with E-state index in [0.29, 0.717) is 0 Å². The highest BCUT2D eigenvalue weighted by molar-refractivity contribution is 5.86. The summed E-state index contributed by atoms with van der Waals surface area (Å²) >= 11 is 0. The molecule has 0 heterocycles. The minimum Gasteiger partial charge on any atom is -0.356 e. The van der Waals surface area contributed by atoms with E-state index in [1.807, 2.05) is 18.2 Å². The summed E-state index contributed by atoms with van der Waals surface area (Å²) in [5.74, 6) is 2.83. The first-order valence-electron chi connectivity index (χ1n) is 6.12. The molecule has 1 N–H and O–H groups in total. The topological polar surface area (TPSA) is 29.1 Å². The Morgan fingerprint density at radius 2 is 2.24 bits per heavy atom. The number of fused-ring (bicyclic) bond motifs is 1. The highest BCUT2D eigenvalue weighted by atomic mass is 16.1. The second-order valence-corrected chi connectivity index (χ2v) is 4.41. The molecule has 1 aromatic carbocycles. The first-order chi connectivity index (χ1) is 8.33. The predicted octanol–water partition coefficient (Wildman–Crippen LogP) is 2.25. The lowest BCUT2D eigenvalue weighted by molar-refractivity contribution is -0.123. The van der Waals surface area contributed by atoms with E-state index in [1.54, 1.807) is 0 Å². The molecule has 1 aliphatic carbocycles. The Morgan fingerprint density at radius 3 is 3.00 bits per heavy atom. The van der Waals surface area contributed by atoms with Crippen molar-refractivity contribution in [1.82, 2.24) is 5.32 Å². The Labute approximate surface area is 102 Å². The number of amides is 1. The van der Waals surface area contributed by atoms with Gasteiger partial charge in [-0.1, -0.05) is 24.3 Å². The van der Waals surface area contributed by atoms with Crippen molar-refractivity contribution in [2.24, 2.45) is 0 Å². The lowest BCUT2D eigenvalue weighted by Gasteiger charge is -2.28. The normalized spacial score (nSPS) is 16.5. The third-order valence-corrected chi connectivity index (χ3v) is 3.22. The van der Waals surface area contributed by atoms with Gasteiger partial charge in [-0.15, -0.1) is 12.3 Å². The summed E-state index contributed by atoms with van der Waals surface area (Å²) in [6, 6.07) is 8.14. The molecule has 0 bridgehead atoms. The van der Waals surface area contributed by atoms with Gasteiger partial charge in [0, 0.05) is 13.0 Å². The van der Waals surface area contributed by atoms with Crippen LogP contribution >= 0.6 is 0 Å². The second kappa shape index (κ2) is 5.54. The van der Waals surface area contributed by atoms with E-state index in [1.165, 1.54) is 11.1 Å². The van der Waals surface area contributed by atoms with Crippen LogP contribution in [0.25, 0.3) is 0 Å². The number of carbonyl (C=O) groups is 1. The van der Waals surface area contributed by atoms with Gasteiger partial charge in [0.15, 0.2) is 0 Å². The Bertz CT molecular complexity index is 444. The van der Waals surface area contributed by atoms with E-state index in [0.717, 1.165) is 32.2 Å². The standard InChI is InChI=1S/C15H17NO/c1-2-3-4-7-10-16-15(17)14-11-12-8-5-6-9-13(12)14/h1,5-6,8-9,14H,3-4,7,10-11H2,(H,16,17). The van der Waals surface area contributed by atoms with E-state index in [9.17, 15) is 4.79 Å². The number of unbranched alkanes of at least 4 members (excludes halogenated alkanes) is 2. The molecular weight excluding hydrogens is 210 g/mol. The minimum atomic E-state index is 0.0684. The molecule has 0 radical (unpaired) electrons. The van der Waals surface area contributed by atoms with E-state index in [2.05, 4.69) is 17.3 Å². The van der Waals surface area contributed by atoms with Gasteiger partial charge in [0.1, 0.15) is 0 Å². The SMILES string of the molecule is C#CCCCCNC(=O)C1Cc2ccccc21. The molecular formula is C15H17NO. The van der Waals surface area contributed by atoms with Crippen LogP contribution < -0.4 is 5.32 Å². The molecule has 1 aromatic rings. The van der Waals surface area contributed by atoms with Crippen LogP contribution in [0.2, 0.25) is 0 Å². The number of nitrogens with one attached hydrogen (secondary N) is 1. The van der Waals surface area contributed by atoms with Gasteiger partial charge in [-0.3, -0.25) is 4.79 Å². The summed E-state index contributed by atoms with van der Waals surface area (Å²) in [4.78, 5) is 11.9. The Kier molecular flexibility index (Phi) is 3.82. The Balaban J connectivity index is 1.74. The lowest BCUT2D eigenvalue weighted by Crippen LogP contribution is -2.35. The molecule has 0 aliphatic heterocycles. The van der Waals surface area contributed by atoms with Gasteiger partial charge < -0.3 is 5.32 Å². The average Bonchev–Trinajstić information content (AvgIpc) is 2.30. The van der Waals surface area contributed by atoms with Crippen LogP contribution in [0, 0.1) is 12.3 Å². The molecule has 0 aromatic heterocycles. The van der Waals surface area contributed by atoms with Crippen molar-refractivity contribution in [2.75, 3.05) is 6.54 Å². The molecule has 2 rings (SSSR count). The van der Waals surface area contributed by atoms with Crippen LogP contribution in [0.3, 0.4) is 0 Å². The van der Waals surface area contributed by atoms with Crippen molar-refractivity contribution in [3.05, 3.63) is 35.4 Å². The average molecular weight is 227 g/mol. The number of benzene rings is 1. The van der Waals surface area contributed by atoms with Gasteiger partial charge in [0.05, 0.1) is 5.92 Å². The van der Waals surface area contributed by atoms with Crippen molar-refractivity contribution in [3.8, 4) is 12.3 Å². The van der Waals surface area contributed by atoms with E-state index < -0.39 is 0 Å². The van der Waals surface area contributed by atoms with Gasteiger partial charge >= 0.3 is 0 Å². The zero-order chi connectivity index (χ0) is 12.1. The summed E-state index contributed by atoms with van der Waals surface area (Å²) in [6.07, 6.45) is 8.79. The maximum Gasteiger partial charge on any atom is 0.227 e. The van der Waals surface area contributed by atoms with Gasteiger partial charge in [-0.2, -0.15) is 0 Å². The third kappa shape index (κ3) is 2.68. The van der Waals surface area contributed by atoms with Crippen LogP contribution in [-0.4, -0.2) is 12.5 Å². The highest BCUT2D eigenvalue weighted by Gasteiger charge is 2.31. The fourth-order valence-electron chi connectivity index (χ4n) is 2.18. The van der Waals surface area contributed by atoms with Crippen molar-refractivity contribution in [3.63, 3.8) is 0 Å². The molecule has 1 unspecified atom stereocenters. The predicted molar refractivity (Wildman–Crippen MR) is 68.6 cm³/mol. The molecule has 1 atom stereocenters. The number of hydrogen-bond donors (Lipinski definition) is 1. The van der Waals surface area contributed by atoms with E-state index >= 15 is 0 Å². The van der Waals surface area contributed by atoms with Crippen molar-refractivity contribution < 1.29 is 4.79 Å². The zero-order valence-corrected chi connectivity index (χ0v) is 9.91. The smallest absolute Gasteiger partial charge is 0.227 e. The third-order valence-electron chi connectivity index (χ3n) is 3.22. The van der Waals surface area contributed by atoms with Crippen molar-refractivity contribution in [2.45, 2.75) is 31.6 Å². The summed E-state index contributed by atoms with van der Waals surface area (Å²) in [6.45, 7) is 0.735. The van der Waals surface area contributed by atoms with E-state index in [-0.39, 0.29) is 11.8 Å². The number of hydrogen-bond acceptors (Lipinski definition) is 1. The molecule has 1 amide bonds. The number of terminal acetylenes is 1. The highest BCUT2D eigenvalue weighted by Crippen LogP contribution is 2.34. The largest absolute Gasteiger partial charge is 0.356 e. The minimum absolute atomic E-state index is 0.0684. The monoisotopic (exact) mass is 227 g/mol. The molecule has 88 valence electrons. The van der Waals surface area contributed by atoms with Crippen molar-refractivity contribution in [1.29, 1.82) is 0 Å². The zero-order valence-electron chi connectivity index (χ0n) is 9.91. The summed E-state index contributed by atoms with van der Waals surface area (Å²) < 4.78 is 0. The number of carbonyl (C=O) groups excluding carboxylic acids is 1. The fourth-order valence-corrected chi connectivity index (χ4v) is 2.18. The van der Waals surface area contributed by atoms with Crippen LogP contribution in [0.15, 0.2) is 24.3 Å². The maximum atomic E-state index is 11.9. The Morgan fingerprint density at radius 1 is 1.41 bits per heavy atom. The van der Waals surface area contributed by atoms with Crippen LogP contribution in [-0.2, 0) is 11.2 Å². The summed E-state index contributed by atoms with van der Waals surface area (Å²) in [5.41, 5.74) is 2.49. The number of rotatable bonds is 5. The maximum absolute atomic E-state index is 11.9. The van der Waals surface area contributed by atoms with Crippen LogP contribution in [0.4, 0.5) is 0 Å². The summed E-state index contributed by atoms with van der Waals surface area (Å²) in [7, 11) is 0. The quantitative estimate of drug-likeness (QED) is 0.606. The van der Waals surface area contributed by atoms with Gasteiger partial charge in [-0.05, 0) is 30.4 Å². The van der Waals surface area contributed by atoms with E-state index in [4.69, 9.17) is 6.42 Å².